The van der Waals surface area contributed by atoms with Crippen LogP contribution < -0.4 is 5.23 Å². The molecule has 0 aromatic heterocycles. The lowest BCUT2D eigenvalue weighted by atomic mass is 9.95. The number of nitrogens with one attached hydrogen (secondary N) is 1. The first-order valence-corrected chi connectivity index (χ1v) is 4.30. The Morgan fingerprint density at radius 1 is 1.60 bits per heavy atom. The number of para-hydroxylation sites is 1. The fraction of sp³-hybridized carbons (Fsp3) is 0.200. The second-order valence-electron chi connectivity index (χ2n) is 3.07. The molecular weight excluding hydrogens is 196 g/mol. The summed E-state index contributed by atoms with van der Waals surface area (Å²) < 4.78 is 0. The zero-order chi connectivity index (χ0) is 11.4. The molecule has 0 aliphatic heterocycles. The molecule has 0 saturated heterocycles. The summed E-state index contributed by atoms with van der Waals surface area (Å²) in [5.41, 5.74) is 0.249. The molecule has 0 fully saturated rings. The van der Waals surface area contributed by atoms with Gasteiger partial charge in [-0.25, -0.2) is 5.21 Å². The van der Waals surface area contributed by atoms with Crippen LogP contribution in [-0.2, 0) is 4.79 Å². The Bertz CT molecular complexity index is 409. The highest BCUT2D eigenvalue weighted by molar-refractivity contribution is 5.87. The average Bonchev–Trinajstić information content (AvgIpc) is 2.18. The van der Waals surface area contributed by atoms with Crippen LogP contribution in [0.5, 0.6) is 0 Å². The molecule has 0 radical (unpaired) electrons. The third-order valence-corrected chi connectivity index (χ3v) is 2.04. The van der Waals surface area contributed by atoms with Gasteiger partial charge in [0.2, 0.25) is 0 Å². The molecule has 0 aliphatic carbocycles. The van der Waals surface area contributed by atoms with E-state index < -0.39 is 11.1 Å². The normalized spacial score (nSPS) is 14.0. The van der Waals surface area contributed by atoms with Crippen LogP contribution in [0.1, 0.15) is 18.4 Å². The van der Waals surface area contributed by atoms with Gasteiger partial charge in [-0.3, -0.25) is 4.79 Å². The molecule has 0 saturated carbocycles. The molecule has 0 heterocycles. The molecule has 1 rings (SSSR count). The Labute approximate surface area is 86.7 Å². The van der Waals surface area contributed by atoms with Gasteiger partial charge in [-0.05, 0) is 6.92 Å². The number of Topliss-reactive ketones (excluding diaryl/α,β-unsaturated/α-hetero) is 1. The van der Waals surface area contributed by atoms with Gasteiger partial charge in [0.1, 0.15) is 5.92 Å². The van der Waals surface area contributed by atoms with Gasteiger partial charge >= 0.3 is 0 Å². The van der Waals surface area contributed by atoms with Gasteiger partial charge in [0, 0.05) is 11.6 Å². The summed E-state index contributed by atoms with van der Waals surface area (Å²) in [6.07, 6.45) is 0. The van der Waals surface area contributed by atoms with E-state index in [-0.39, 0.29) is 17.0 Å². The monoisotopic (exact) mass is 206 g/mol. The van der Waals surface area contributed by atoms with E-state index in [9.17, 15) is 10.0 Å². The van der Waals surface area contributed by atoms with E-state index in [1.165, 1.54) is 19.1 Å². The maximum Gasteiger partial charge on any atom is 0.168 e. The van der Waals surface area contributed by atoms with E-state index in [0.29, 0.717) is 0 Å². The van der Waals surface area contributed by atoms with Crippen molar-refractivity contribution >= 4 is 11.5 Å². The van der Waals surface area contributed by atoms with Crippen LogP contribution >= 0.6 is 0 Å². The fourth-order valence-corrected chi connectivity index (χ4v) is 1.32. The fourth-order valence-electron chi connectivity index (χ4n) is 1.32. The van der Waals surface area contributed by atoms with Crippen molar-refractivity contribution in [3.63, 3.8) is 0 Å². The van der Waals surface area contributed by atoms with Gasteiger partial charge in [-0.1, -0.05) is 18.2 Å². The van der Waals surface area contributed by atoms with Crippen LogP contribution in [0.4, 0.5) is 5.69 Å². The van der Waals surface area contributed by atoms with E-state index in [4.69, 9.17) is 10.5 Å². The minimum atomic E-state index is -1.13. The Balaban J connectivity index is 3.24. The van der Waals surface area contributed by atoms with Crippen LogP contribution in [0.15, 0.2) is 24.3 Å². The SMILES string of the molecule is CC(=O)C(C#N)c1ccccc1[NH+]([O-])O. The second kappa shape index (κ2) is 4.66. The zero-order valence-electron chi connectivity index (χ0n) is 8.10. The first-order valence-electron chi connectivity index (χ1n) is 4.30. The maximum absolute atomic E-state index is 11.1. The van der Waals surface area contributed by atoms with E-state index in [1.807, 2.05) is 0 Å². The number of benzene rings is 1. The standard InChI is InChI=1S/C10H10N2O3/c1-7(13)9(6-11)8-4-2-3-5-10(8)12(14)15/h2-5,9,12,14H,1H3. The van der Waals surface area contributed by atoms with Crippen LogP contribution in [0.2, 0.25) is 0 Å². The van der Waals surface area contributed by atoms with E-state index >= 15 is 0 Å². The highest BCUT2D eigenvalue weighted by atomic mass is 16.8. The van der Waals surface area contributed by atoms with Gasteiger partial charge in [-0.2, -0.15) is 10.5 Å². The highest BCUT2D eigenvalue weighted by Gasteiger charge is 2.22. The largest absolute Gasteiger partial charge is 0.595 e. The Morgan fingerprint density at radius 2 is 2.20 bits per heavy atom. The molecule has 2 unspecified atom stereocenters. The number of carbonyl (C=O) groups is 1. The molecule has 2 N–H and O–H groups in total. The highest BCUT2D eigenvalue weighted by Crippen LogP contribution is 2.21. The quantitative estimate of drug-likeness (QED) is 0.695. The first-order chi connectivity index (χ1) is 7.07. The molecule has 0 bridgehead atoms. The van der Waals surface area contributed by atoms with Crippen molar-refractivity contribution < 1.29 is 15.2 Å². The molecule has 78 valence electrons. The van der Waals surface area contributed by atoms with Crippen molar-refractivity contribution in [1.82, 2.24) is 0 Å². The van der Waals surface area contributed by atoms with Gasteiger partial charge in [0.15, 0.2) is 11.5 Å². The average molecular weight is 206 g/mol. The van der Waals surface area contributed by atoms with E-state index in [1.54, 1.807) is 18.2 Å². The lowest BCUT2D eigenvalue weighted by Crippen LogP contribution is -2.99. The van der Waals surface area contributed by atoms with Crippen LogP contribution in [-0.4, -0.2) is 11.0 Å². The van der Waals surface area contributed by atoms with Gasteiger partial charge < -0.3 is 5.21 Å². The van der Waals surface area contributed by atoms with Gasteiger partial charge in [0.25, 0.3) is 0 Å². The molecule has 0 aliphatic rings. The summed E-state index contributed by atoms with van der Waals surface area (Å²) >= 11 is 0. The third-order valence-electron chi connectivity index (χ3n) is 2.04. The third kappa shape index (κ3) is 2.39. The molecular formula is C10H10N2O3. The number of nitriles is 1. The lowest BCUT2D eigenvalue weighted by molar-refractivity contribution is -0.991. The molecule has 5 heteroatoms. The van der Waals surface area contributed by atoms with Crippen molar-refractivity contribution in [1.29, 1.82) is 5.26 Å². The molecule has 0 amide bonds. The molecule has 15 heavy (non-hydrogen) atoms. The Hall–Kier alpha value is -1.74. The van der Waals surface area contributed by atoms with Crippen LogP contribution in [0.25, 0.3) is 0 Å². The van der Waals surface area contributed by atoms with E-state index in [2.05, 4.69) is 0 Å². The second-order valence-corrected chi connectivity index (χ2v) is 3.07. The number of rotatable bonds is 3. The molecule has 5 nitrogen and oxygen atoms in total. The molecule has 1 aromatic carbocycles. The van der Waals surface area contributed by atoms with Crippen molar-refractivity contribution in [3.05, 3.63) is 35.0 Å². The smallest absolute Gasteiger partial charge is 0.168 e. The number of ketones is 1. The predicted molar refractivity (Wildman–Crippen MR) is 51.3 cm³/mol. The molecule has 0 spiro atoms. The summed E-state index contributed by atoms with van der Waals surface area (Å²) in [6.45, 7) is 1.27. The number of hydrogen-bond acceptors (Lipinski definition) is 4. The summed E-state index contributed by atoms with van der Waals surface area (Å²) in [5.74, 6) is -1.36. The molecule has 2 atom stereocenters. The van der Waals surface area contributed by atoms with Crippen molar-refractivity contribution in [2.45, 2.75) is 12.8 Å². The summed E-state index contributed by atoms with van der Waals surface area (Å²) in [5, 5.41) is 27.4. The van der Waals surface area contributed by atoms with Gasteiger partial charge in [-0.15, -0.1) is 0 Å². The Kier molecular flexibility index (Phi) is 3.52. The lowest BCUT2D eigenvalue weighted by Gasteiger charge is -2.16. The topological polar surface area (TPSA) is 88.6 Å². The summed E-state index contributed by atoms with van der Waals surface area (Å²) in [6, 6.07) is 7.83. The number of hydrogen-bond donors (Lipinski definition) is 2. The van der Waals surface area contributed by atoms with Crippen molar-refractivity contribution in [2.75, 3.05) is 0 Å². The summed E-state index contributed by atoms with van der Waals surface area (Å²) in [7, 11) is 0. The number of quaternary nitrogens is 1. The van der Waals surface area contributed by atoms with Crippen LogP contribution in [0, 0.1) is 16.5 Å². The number of carbonyl (C=O) groups excluding carboxylic acids is 1. The predicted octanol–water partition coefficient (Wildman–Crippen LogP) is 0.286. The minimum absolute atomic E-state index is 0.000694. The first kappa shape index (κ1) is 11.3. The van der Waals surface area contributed by atoms with Crippen molar-refractivity contribution in [2.24, 2.45) is 0 Å². The zero-order valence-corrected chi connectivity index (χ0v) is 8.10. The molecule has 1 aromatic rings. The summed E-state index contributed by atoms with van der Waals surface area (Å²) in [4.78, 5) is 11.1. The van der Waals surface area contributed by atoms with Gasteiger partial charge in [0.05, 0.1) is 6.07 Å². The number of nitrogens with zero attached hydrogens (tertiary/aromatic N) is 1. The van der Waals surface area contributed by atoms with Crippen molar-refractivity contribution in [3.8, 4) is 6.07 Å². The van der Waals surface area contributed by atoms with Crippen LogP contribution in [0.3, 0.4) is 0 Å². The maximum atomic E-state index is 11.1. The Morgan fingerprint density at radius 3 is 2.67 bits per heavy atom. The van der Waals surface area contributed by atoms with E-state index in [0.717, 1.165) is 0 Å². The minimum Gasteiger partial charge on any atom is -0.595 e.